The van der Waals surface area contributed by atoms with Crippen LogP contribution in [0.15, 0.2) is 0 Å². The first kappa shape index (κ1) is 17.8. The van der Waals surface area contributed by atoms with Gasteiger partial charge < -0.3 is 0 Å². The molecule has 0 atom stereocenters. The molecule has 0 aromatic heterocycles. The monoisotopic (exact) mass is 308 g/mol. The summed E-state index contributed by atoms with van der Waals surface area (Å²) in [5.74, 6) is -38.8. The van der Waals surface area contributed by atoms with Gasteiger partial charge in [-0.25, -0.2) is 9.90 Å². The van der Waals surface area contributed by atoms with E-state index in [1.165, 1.54) is 0 Å². The van der Waals surface area contributed by atoms with Crippen molar-refractivity contribution in [3.8, 4) is 0 Å². The highest BCUT2D eigenvalue weighted by Crippen LogP contribution is 2.56. The number of hydrogen-bond acceptors (Lipinski definition) is 1. The summed E-state index contributed by atoms with van der Waals surface area (Å²) in [4.78, 5) is 9.57. The van der Waals surface area contributed by atoms with Crippen molar-refractivity contribution in [1.29, 1.82) is 0 Å². The van der Waals surface area contributed by atoms with E-state index >= 15 is 0 Å². The zero-order chi connectivity index (χ0) is 16.1. The first-order valence-electron chi connectivity index (χ1n) is 3.90. The molecule has 0 aromatic carbocycles. The molecule has 0 aliphatic heterocycles. The van der Waals surface area contributed by atoms with E-state index in [-0.39, 0.29) is 0 Å². The van der Waals surface area contributed by atoms with E-state index in [0.29, 0.717) is 0 Å². The Morgan fingerprint density at radius 2 is 1.00 bits per heavy atom. The minimum atomic E-state index is -7.41. The van der Waals surface area contributed by atoms with Crippen molar-refractivity contribution in [1.82, 2.24) is 0 Å². The van der Waals surface area contributed by atoms with Crippen molar-refractivity contribution in [2.45, 2.75) is 29.6 Å². The highest BCUT2D eigenvalue weighted by Gasteiger charge is 2.87. The van der Waals surface area contributed by atoms with Crippen LogP contribution in [0.4, 0.5) is 43.9 Å². The van der Waals surface area contributed by atoms with Gasteiger partial charge in [0, 0.05) is 6.92 Å². The Balaban J connectivity index is 5.99. The van der Waals surface area contributed by atoms with Gasteiger partial charge in [-0.1, -0.05) is 0 Å². The minimum absolute atomic E-state index is 1.14. The summed E-state index contributed by atoms with van der Waals surface area (Å²) >= 11 is 0. The summed E-state index contributed by atoms with van der Waals surface area (Å²) in [5.41, 5.74) is 0. The van der Waals surface area contributed by atoms with Gasteiger partial charge in [-0.15, -0.1) is 0 Å². The third-order valence-electron chi connectivity index (χ3n) is 1.90. The second kappa shape index (κ2) is 4.13. The van der Waals surface area contributed by atoms with Crippen LogP contribution in [-0.2, 0) is 9.90 Å². The summed E-state index contributed by atoms with van der Waals surface area (Å²) in [5, 5.41) is 9.57. The normalized spacial score (nSPS) is 15.5. The number of hydrogen-bond donors (Lipinski definition) is 0. The number of carbonyl (C=O) groups is 1. The van der Waals surface area contributed by atoms with E-state index in [1.807, 2.05) is 0 Å². The Hall–Kier alpha value is -1.23. The van der Waals surface area contributed by atoms with E-state index in [4.69, 9.17) is 0 Å². The molecule has 2 nitrogen and oxygen atoms in total. The van der Waals surface area contributed by atoms with E-state index in [0.717, 1.165) is 6.92 Å². The number of halogens is 10. The van der Waals surface area contributed by atoms with Crippen LogP contribution in [0.1, 0.15) is 0 Å². The van der Waals surface area contributed by atoms with Crippen LogP contribution in [0.3, 0.4) is 0 Å². The van der Waals surface area contributed by atoms with E-state index < -0.39 is 35.6 Å². The second-order valence-corrected chi connectivity index (χ2v) is 3.29. The first-order chi connectivity index (χ1) is 7.94. The van der Waals surface area contributed by atoms with Gasteiger partial charge in [-0.05, 0) is 0 Å². The maximum Gasteiger partial charge on any atom is 0.431 e. The van der Waals surface area contributed by atoms with Gasteiger partial charge in [-0.3, -0.25) is 0 Å². The molecule has 0 unspecified atom stereocenters. The molecule has 0 aromatic rings. The first-order valence-corrected chi connectivity index (χ1v) is 3.90. The van der Waals surface area contributed by atoms with E-state index in [2.05, 4.69) is 0 Å². The average Bonchev–Trinajstić information content (AvgIpc) is 2.14. The third-order valence-corrected chi connectivity index (χ3v) is 1.90. The Labute approximate surface area is 97.5 Å². The van der Waals surface area contributed by atoms with Crippen LogP contribution in [-0.4, -0.2) is 35.6 Å². The highest BCUT2D eigenvalue weighted by atomic mass is 19.4. The zero-order valence-electron chi connectivity index (χ0n) is 8.30. The summed E-state index contributed by atoms with van der Waals surface area (Å²) in [6.07, 6.45) is 0. The van der Waals surface area contributed by atoms with Crippen molar-refractivity contribution < 1.29 is 53.8 Å². The summed E-state index contributed by atoms with van der Waals surface area (Å²) in [6, 6.07) is 0. The SMILES string of the molecule is [CH2]C(F)(F)C(F)(F)C(F)(F)C(F)(F)C(F)(F)C([O])=O. The molecule has 0 spiro atoms. The standard InChI is InChI=1S/C7H2F10O2/c1-3(8,9)5(12,13)7(16,17)6(14,15)4(10,11)2(18)19/h1H2. The molecule has 0 rings (SSSR count). The van der Waals surface area contributed by atoms with Gasteiger partial charge in [0.15, 0.2) is 0 Å². The fraction of sp³-hybridized carbons (Fsp3) is 0.714. The third kappa shape index (κ3) is 2.20. The van der Waals surface area contributed by atoms with Gasteiger partial charge in [0.25, 0.3) is 0 Å². The average molecular weight is 308 g/mol. The Bertz CT molecular complexity index is 369. The van der Waals surface area contributed by atoms with Gasteiger partial charge in [0.1, 0.15) is 0 Å². The Morgan fingerprint density at radius 3 is 1.21 bits per heavy atom. The van der Waals surface area contributed by atoms with Crippen LogP contribution in [0, 0.1) is 6.92 Å². The molecule has 0 fully saturated rings. The lowest BCUT2D eigenvalue weighted by Crippen LogP contribution is -2.68. The van der Waals surface area contributed by atoms with Gasteiger partial charge in [0.05, 0.1) is 0 Å². The molecular weight excluding hydrogens is 306 g/mol. The fourth-order valence-electron chi connectivity index (χ4n) is 0.752. The van der Waals surface area contributed by atoms with Crippen molar-refractivity contribution in [2.24, 2.45) is 0 Å². The van der Waals surface area contributed by atoms with Crippen molar-refractivity contribution in [3.05, 3.63) is 6.92 Å². The predicted molar refractivity (Wildman–Crippen MR) is 35.8 cm³/mol. The molecule has 0 aliphatic carbocycles. The molecule has 0 saturated carbocycles. The molecule has 0 amide bonds. The molecular formula is C7H2F10O2. The highest BCUT2D eigenvalue weighted by molar-refractivity contribution is 5.76. The molecule has 112 valence electrons. The lowest BCUT2D eigenvalue weighted by Gasteiger charge is -2.36. The number of carbonyl (C=O) groups excluding carboxylic acids is 1. The molecule has 0 saturated heterocycles. The molecule has 12 heteroatoms. The van der Waals surface area contributed by atoms with Crippen LogP contribution in [0.2, 0.25) is 0 Å². The minimum Gasteiger partial charge on any atom is -0.240 e. The van der Waals surface area contributed by atoms with E-state index in [9.17, 15) is 53.8 Å². The Kier molecular flexibility index (Phi) is 3.86. The molecule has 2 radical (unpaired) electrons. The summed E-state index contributed by atoms with van der Waals surface area (Å²) in [7, 11) is 0. The number of rotatable bonds is 5. The van der Waals surface area contributed by atoms with Crippen LogP contribution >= 0.6 is 0 Å². The topological polar surface area (TPSA) is 37.0 Å². The fourth-order valence-corrected chi connectivity index (χ4v) is 0.752. The lowest BCUT2D eigenvalue weighted by atomic mass is 9.95. The molecule has 19 heavy (non-hydrogen) atoms. The van der Waals surface area contributed by atoms with Gasteiger partial charge in [0.2, 0.25) is 0 Å². The van der Waals surface area contributed by atoms with Crippen LogP contribution in [0.5, 0.6) is 0 Å². The number of alkyl halides is 10. The summed E-state index contributed by atoms with van der Waals surface area (Å²) in [6.45, 7) is 1.14. The molecule has 0 N–H and O–H groups in total. The maximum atomic E-state index is 12.5. The molecule has 0 heterocycles. The zero-order valence-corrected chi connectivity index (χ0v) is 8.30. The van der Waals surface area contributed by atoms with Crippen LogP contribution in [0.25, 0.3) is 0 Å². The largest absolute Gasteiger partial charge is 0.431 e. The predicted octanol–water partition coefficient (Wildman–Crippen LogP) is 2.95. The lowest BCUT2D eigenvalue weighted by molar-refractivity contribution is -0.390. The van der Waals surface area contributed by atoms with Crippen molar-refractivity contribution in [3.63, 3.8) is 0 Å². The smallest absolute Gasteiger partial charge is 0.240 e. The second-order valence-electron chi connectivity index (χ2n) is 3.29. The van der Waals surface area contributed by atoms with Crippen molar-refractivity contribution >= 4 is 5.97 Å². The van der Waals surface area contributed by atoms with Gasteiger partial charge >= 0.3 is 35.6 Å². The maximum absolute atomic E-state index is 12.5. The summed E-state index contributed by atoms with van der Waals surface area (Å²) < 4.78 is 123. The molecule has 0 aliphatic rings. The Morgan fingerprint density at radius 1 is 0.684 bits per heavy atom. The van der Waals surface area contributed by atoms with Crippen LogP contribution < -0.4 is 0 Å². The molecule has 0 bridgehead atoms. The van der Waals surface area contributed by atoms with Crippen molar-refractivity contribution in [2.75, 3.05) is 0 Å². The quantitative estimate of drug-likeness (QED) is 0.719. The van der Waals surface area contributed by atoms with Gasteiger partial charge in [-0.2, -0.15) is 43.9 Å². The van der Waals surface area contributed by atoms with E-state index in [1.54, 1.807) is 0 Å².